The first-order valence-electron chi connectivity index (χ1n) is 9.11. The molecule has 2 aromatic heterocycles. The van der Waals surface area contributed by atoms with Crippen LogP contribution in [0.3, 0.4) is 0 Å². The Hall–Kier alpha value is -2.68. The van der Waals surface area contributed by atoms with Gasteiger partial charge in [-0.25, -0.2) is 14.6 Å². The second-order valence-corrected chi connectivity index (χ2v) is 7.21. The minimum atomic E-state index is -0.493. The summed E-state index contributed by atoms with van der Waals surface area (Å²) in [4.78, 5) is 43.7. The maximum absolute atomic E-state index is 12.4. The highest BCUT2D eigenvalue weighted by Gasteiger charge is 2.19. The third-order valence-corrected chi connectivity index (χ3v) is 4.96. The third-order valence-electron chi connectivity index (χ3n) is 4.43. The van der Waals surface area contributed by atoms with Gasteiger partial charge in [-0.1, -0.05) is 29.3 Å². The number of fused-ring (bicyclic) bond motifs is 1. The van der Waals surface area contributed by atoms with Crippen molar-refractivity contribution in [2.24, 2.45) is 0 Å². The van der Waals surface area contributed by atoms with Crippen molar-refractivity contribution < 1.29 is 9.53 Å². The van der Waals surface area contributed by atoms with Crippen LogP contribution in [0, 0.1) is 0 Å². The van der Waals surface area contributed by atoms with Crippen LogP contribution in [0.2, 0.25) is 0 Å². The lowest BCUT2D eigenvalue weighted by Gasteiger charge is -2.07. The number of aromatic amines is 1. The number of carbonyl (C=O) groups is 1. The number of aromatic nitrogens is 4. The topological polar surface area (TPSA) is 99.0 Å². The van der Waals surface area contributed by atoms with E-state index in [9.17, 15) is 14.4 Å². The molecule has 28 heavy (non-hydrogen) atoms. The molecule has 148 valence electrons. The van der Waals surface area contributed by atoms with Crippen LogP contribution in [0.1, 0.15) is 42.9 Å². The lowest BCUT2D eigenvalue weighted by Crippen LogP contribution is -2.31. The van der Waals surface area contributed by atoms with Crippen LogP contribution in [0.4, 0.5) is 0 Å². The Kier molecular flexibility index (Phi) is 6.13. The van der Waals surface area contributed by atoms with Gasteiger partial charge in [0.2, 0.25) is 0 Å². The van der Waals surface area contributed by atoms with E-state index in [1.165, 1.54) is 4.57 Å². The molecule has 2 heterocycles. The van der Waals surface area contributed by atoms with Crippen LogP contribution in [-0.4, -0.2) is 25.1 Å². The zero-order valence-corrected chi connectivity index (χ0v) is 17.3. The van der Waals surface area contributed by atoms with E-state index in [0.29, 0.717) is 35.6 Å². The Bertz CT molecular complexity index is 1110. The maximum atomic E-state index is 12.4. The quantitative estimate of drug-likeness (QED) is 0.560. The monoisotopic (exact) mass is 448 g/mol. The number of nitrogens with one attached hydrogen (secondary N) is 1. The molecule has 0 aliphatic carbocycles. The van der Waals surface area contributed by atoms with Gasteiger partial charge in [-0.05, 0) is 37.6 Å². The SMILES string of the molecule is CCCCn1c(=O)[nH]c(=O)c2c1nc(COC(=O)c1ccc(Br)cc1)n2CC. The van der Waals surface area contributed by atoms with Gasteiger partial charge >= 0.3 is 11.7 Å². The van der Waals surface area contributed by atoms with Crippen LogP contribution in [0.5, 0.6) is 0 Å². The van der Waals surface area contributed by atoms with E-state index in [2.05, 4.69) is 25.9 Å². The van der Waals surface area contributed by atoms with Gasteiger partial charge < -0.3 is 9.30 Å². The van der Waals surface area contributed by atoms with E-state index < -0.39 is 17.2 Å². The van der Waals surface area contributed by atoms with E-state index in [-0.39, 0.29) is 6.61 Å². The van der Waals surface area contributed by atoms with E-state index >= 15 is 0 Å². The van der Waals surface area contributed by atoms with Crippen molar-refractivity contribution in [1.29, 1.82) is 0 Å². The number of ether oxygens (including phenoxy) is 1. The molecule has 0 atom stereocenters. The highest BCUT2D eigenvalue weighted by Crippen LogP contribution is 2.15. The molecule has 0 saturated heterocycles. The highest BCUT2D eigenvalue weighted by atomic mass is 79.9. The fraction of sp³-hybridized carbons (Fsp3) is 0.368. The molecule has 0 fully saturated rings. The predicted octanol–water partition coefficient (Wildman–Crippen LogP) is 2.83. The van der Waals surface area contributed by atoms with Gasteiger partial charge in [-0.2, -0.15) is 0 Å². The third kappa shape index (κ3) is 3.94. The lowest BCUT2D eigenvalue weighted by atomic mass is 10.2. The summed E-state index contributed by atoms with van der Waals surface area (Å²) in [6.45, 7) is 4.70. The Morgan fingerprint density at radius 1 is 1.18 bits per heavy atom. The number of nitrogens with zero attached hydrogens (tertiary/aromatic N) is 3. The molecule has 3 aromatic rings. The van der Waals surface area contributed by atoms with Crippen molar-refractivity contribution in [1.82, 2.24) is 19.1 Å². The maximum Gasteiger partial charge on any atom is 0.338 e. The van der Waals surface area contributed by atoms with Crippen molar-refractivity contribution in [2.45, 2.75) is 46.4 Å². The number of imidazole rings is 1. The largest absolute Gasteiger partial charge is 0.454 e. The van der Waals surface area contributed by atoms with Gasteiger partial charge in [0.25, 0.3) is 5.56 Å². The fourth-order valence-corrected chi connectivity index (χ4v) is 3.26. The average molecular weight is 449 g/mol. The summed E-state index contributed by atoms with van der Waals surface area (Å²) in [6, 6.07) is 6.82. The summed E-state index contributed by atoms with van der Waals surface area (Å²) in [6.07, 6.45) is 1.69. The molecular weight excluding hydrogens is 428 g/mol. The minimum absolute atomic E-state index is 0.0984. The Balaban J connectivity index is 1.95. The van der Waals surface area contributed by atoms with Crippen molar-refractivity contribution in [3.05, 3.63) is 61.0 Å². The number of H-pyrrole nitrogens is 1. The van der Waals surface area contributed by atoms with Crippen molar-refractivity contribution in [3.8, 4) is 0 Å². The number of carbonyl (C=O) groups excluding carboxylic acids is 1. The molecule has 3 rings (SSSR count). The number of benzene rings is 1. The number of esters is 1. The predicted molar refractivity (Wildman–Crippen MR) is 108 cm³/mol. The smallest absolute Gasteiger partial charge is 0.338 e. The summed E-state index contributed by atoms with van der Waals surface area (Å²) < 4.78 is 9.38. The zero-order valence-electron chi connectivity index (χ0n) is 15.7. The molecule has 0 amide bonds. The van der Waals surface area contributed by atoms with Crippen molar-refractivity contribution in [3.63, 3.8) is 0 Å². The summed E-state index contributed by atoms with van der Waals surface area (Å²) in [5.74, 6) is -0.0659. The number of hydrogen-bond donors (Lipinski definition) is 1. The summed E-state index contributed by atoms with van der Waals surface area (Å²) in [5.41, 5.74) is 0.0735. The minimum Gasteiger partial charge on any atom is -0.454 e. The van der Waals surface area contributed by atoms with Gasteiger partial charge in [0.1, 0.15) is 12.4 Å². The summed E-state index contributed by atoms with van der Waals surface area (Å²) >= 11 is 3.32. The zero-order chi connectivity index (χ0) is 20.3. The van der Waals surface area contributed by atoms with E-state index in [1.807, 2.05) is 13.8 Å². The Labute approximate surface area is 169 Å². The first-order chi connectivity index (χ1) is 13.5. The molecule has 1 N–H and O–H groups in total. The Morgan fingerprint density at radius 3 is 2.54 bits per heavy atom. The fourth-order valence-electron chi connectivity index (χ4n) is 2.99. The van der Waals surface area contributed by atoms with Gasteiger partial charge in [-0.3, -0.25) is 14.3 Å². The number of aryl methyl sites for hydroxylation is 2. The van der Waals surface area contributed by atoms with Gasteiger partial charge in [0.05, 0.1) is 5.56 Å². The number of hydrogen-bond acceptors (Lipinski definition) is 5. The lowest BCUT2D eigenvalue weighted by molar-refractivity contribution is 0.0458. The molecular formula is C19H21BrN4O4. The molecule has 0 saturated carbocycles. The molecule has 1 aromatic carbocycles. The number of rotatable bonds is 7. The van der Waals surface area contributed by atoms with Crippen LogP contribution < -0.4 is 11.2 Å². The first-order valence-corrected chi connectivity index (χ1v) is 9.90. The molecule has 0 radical (unpaired) electrons. The van der Waals surface area contributed by atoms with Crippen molar-refractivity contribution in [2.75, 3.05) is 0 Å². The molecule has 9 heteroatoms. The first kappa shape index (κ1) is 20.1. The molecule has 0 spiro atoms. The van der Waals surface area contributed by atoms with Gasteiger partial charge in [-0.15, -0.1) is 0 Å². The van der Waals surface area contributed by atoms with E-state index in [1.54, 1.807) is 28.8 Å². The molecule has 0 unspecified atom stereocenters. The van der Waals surface area contributed by atoms with Crippen molar-refractivity contribution >= 4 is 33.1 Å². The van der Waals surface area contributed by atoms with E-state index in [0.717, 1.165) is 17.3 Å². The average Bonchev–Trinajstić information content (AvgIpc) is 3.05. The molecule has 0 aliphatic heterocycles. The highest BCUT2D eigenvalue weighted by molar-refractivity contribution is 9.10. The van der Waals surface area contributed by atoms with Crippen LogP contribution in [0.15, 0.2) is 38.3 Å². The van der Waals surface area contributed by atoms with Gasteiger partial charge in [0, 0.05) is 17.6 Å². The molecule has 0 aliphatic rings. The Morgan fingerprint density at radius 2 is 1.89 bits per heavy atom. The summed E-state index contributed by atoms with van der Waals surface area (Å²) in [5, 5.41) is 0. The second kappa shape index (κ2) is 8.55. The van der Waals surface area contributed by atoms with E-state index in [4.69, 9.17) is 4.74 Å². The number of unbranched alkanes of at least 4 members (excludes halogenated alkanes) is 1. The standard InChI is InChI=1S/C19H21BrN4O4/c1-3-5-10-24-16-15(17(25)22-19(24)27)23(4-2)14(21-16)11-28-18(26)12-6-8-13(20)9-7-12/h6-9H,3-5,10-11H2,1-2H3,(H,22,25,27). The summed E-state index contributed by atoms with van der Waals surface area (Å²) in [7, 11) is 0. The van der Waals surface area contributed by atoms with Crippen LogP contribution in [0.25, 0.3) is 11.2 Å². The van der Waals surface area contributed by atoms with Crippen LogP contribution >= 0.6 is 15.9 Å². The van der Waals surface area contributed by atoms with Crippen LogP contribution in [-0.2, 0) is 24.4 Å². The molecule has 0 bridgehead atoms. The second-order valence-electron chi connectivity index (χ2n) is 6.29. The van der Waals surface area contributed by atoms with Gasteiger partial charge in [0.15, 0.2) is 11.2 Å². The molecule has 8 nitrogen and oxygen atoms in total. The number of halogens is 1. The normalized spacial score (nSPS) is 11.1.